The van der Waals surface area contributed by atoms with Gasteiger partial charge in [0.2, 0.25) is 5.69 Å². The second-order valence-corrected chi connectivity index (χ2v) is 5.38. The number of hydrogen-bond acceptors (Lipinski definition) is 5. The van der Waals surface area contributed by atoms with Gasteiger partial charge in [0.1, 0.15) is 12.6 Å². The highest BCUT2D eigenvalue weighted by molar-refractivity contribution is 6.30. The molecule has 2 atom stereocenters. The van der Waals surface area contributed by atoms with Gasteiger partial charge in [0.25, 0.3) is 0 Å². The van der Waals surface area contributed by atoms with Crippen molar-refractivity contribution in [3.63, 3.8) is 0 Å². The molecule has 106 valence electrons. The number of rotatable bonds is 2. The molecule has 0 aromatic heterocycles. The van der Waals surface area contributed by atoms with E-state index >= 15 is 0 Å². The van der Waals surface area contributed by atoms with Crippen molar-refractivity contribution in [1.29, 1.82) is 0 Å². The quantitative estimate of drug-likeness (QED) is 0.472. The Bertz CT molecular complexity index is 592. The van der Waals surface area contributed by atoms with Crippen molar-refractivity contribution in [2.75, 3.05) is 11.6 Å². The minimum Gasteiger partial charge on any atom is -0.813 e. The molecular weight excluding hydrogens is 284 g/mol. The van der Waals surface area contributed by atoms with Crippen molar-refractivity contribution in [3.8, 4) is 0 Å². The van der Waals surface area contributed by atoms with E-state index in [1.54, 1.807) is 4.70 Å². The Balaban J connectivity index is 2.01. The predicted octanol–water partition coefficient (Wildman–Crippen LogP) is 1.69. The average molecular weight is 297 g/mol. The lowest BCUT2D eigenvalue weighted by Crippen LogP contribution is -2.49. The largest absolute Gasteiger partial charge is 0.813 e. The Morgan fingerprint density at radius 3 is 2.95 bits per heavy atom. The van der Waals surface area contributed by atoms with Crippen LogP contribution in [-0.4, -0.2) is 28.4 Å². The van der Waals surface area contributed by atoms with E-state index in [0.29, 0.717) is 0 Å². The number of hydrogen-bond donors (Lipinski definition) is 0. The average Bonchev–Trinajstić information content (AvgIpc) is 2.76. The summed E-state index contributed by atoms with van der Waals surface area (Å²) in [6.45, 7) is 0.724. The predicted molar refractivity (Wildman–Crippen MR) is 69.6 cm³/mol. The highest BCUT2D eigenvalue weighted by atomic mass is 35.5. The van der Waals surface area contributed by atoms with Crippen LogP contribution in [0.25, 0.3) is 0 Å². The van der Waals surface area contributed by atoms with Gasteiger partial charge < -0.3 is 5.11 Å². The van der Waals surface area contributed by atoms with Crippen LogP contribution in [0.4, 0.5) is 11.4 Å². The van der Waals surface area contributed by atoms with Crippen LogP contribution in [0.15, 0.2) is 23.4 Å². The van der Waals surface area contributed by atoms with Crippen LogP contribution in [0.3, 0.4) is 0 Å². The third kappa shape index (κ3) is 2.12. The standard InChI is InChI=1S/C12H13ClN4O3/c13-8-4-5-9(11(7-8)17(19)20)16-12(18)10-3-1-2-6-15(10)14-16/h4-5,7,10,12H,1-3,6H2. The molecule has 8 heteroatoms. The summed E-state index contributed by atoms with van der Waals surface area (Å²) in [6, 6.07) is 4.05. The molecule has 2 heterocycles. The van der Waals surface area contributed by atoms with E-state index in [1.165, 1.54) is 23.2 Å². The number of nitro benzene ring substituents is 1. The van der Waals surface area contributed by atoms with Crippen molar-refractivity contribution >= 4 is 23.0 Å². The molecule has 1 aromatic rings. The molecule has 2 aliphatic heterocycles. The number of benzene rings is 1. The van der Waals surface area contributed by atoms with Gasteiger partial charge >= 0.3 is 5.69 Å². The van der Waals surface area contributed by atoms with Crippen LogP contribution in [0.5, 0.6) is 0 Å². The molecular formula is C12H13ClN4O3. The first-order chi connectivity index (χ1) is 9.58. The topological polar surface area (TPSA) is 84.8 Å². The molecule has 1 saturated heterocycles. The van der Waals surface area contributed by atoms with Crippen molar-refractivity contribution < 1.29 is 14.7 Å². The summed E-state index contributed by atoms with van der Waals surface area (Å²) in [6.07, 6.45) is 1.64. The lowest BCUT2D eigenvalue weighted by Gasteiger charge is -2.25. The Kier molecular flexibility index (Phi) is 3.31. The summed E-state index contributed by atoms with van der Waals surface area (Å²) < 4.78 is 1.75. The van der Waals surface area contributed by atoms with Gasteiger partial charge in [-0.25, -0.2) is 0 Å². The third-order valence-electron chi connectivity index (χ3n) is 3.68. The SMILES string of the molecule is O=[N+]([O-])c1cc(Cl)ccc1N1N=[N+]2CCCCC2C1[O-]. The van der Waals surface area contributed by atoms with Crippen molar-refractivity contribution in [3.05, 3.63) is 33.3 Å². The van der Waals surface area contributed by atoms with E-state index in [9.17, 15) is 15.2 Å². The van der Waals surface area contributed by atoms with Gasteiger partial charge in [-0.2, -0.15) is 4.70 Å². The first-order valence-corrected chi connectivity index (χ1v) is 6.83. The van der Waals surface area contributed by atoms with E-state index in [4.69, 9.17) is 11.6 Å². The van der Waals surface area contributed by atoms with Crippen molar-refractivity contribution in [1.82, 2.24) is 0 Å². The fourth-order valence-corrected chi connectivity index (χ4v) is 2.87. The zero-order chi connectivity index (χ0) is 14.3. The number of nitrogens with zero attached hydrogens (tertiary/aromatic N) is 4. The van der Waals surface area contributed by atoms with Gasteiger partial charge in [0.05, 0.1) is 16.4 Å². The maximum absolute atomic E-state index is 12.4. The van der Waals surface area contributed by atoms with E-state index < -0.39 is 11.2 Å². The molecule has 0 bridgehead atoms. The second-order valence-electron chi connectivity index (χ2n) is 4.94. The van der Waals surface area contributed by atoms with Crippen LogP contribution in [-0.2, 0) is 0 Å². The summed E-state index contributed by atoms with van der Waals surface area (Å²) in [7, 11) is 0. The molecule has 1 fully saturated rings. The number of piperidine rings is 1. The van der Waals surface area contributed by atoms with Crippen LogP contribution >= 0.6 is 11.6 Å². The maximum atomic E-state index is 12.4. The van der Waals surface area contributed by atoms with Crippen molar-refractivity contribution in [2.45, 2.75) is 31.5 Å². The molecule has 3 rings (SSSR count). The molecule has 20 heavy (non-hydrogen) atoms. The van der Waals surface area contributed by atoms with Gasteiger partial charge in [-0.1, -0.05) is 11.6 Å². The summed E-state index contributed by atoms with van der Waals surface area (Å²) in [5, 5.41) is 29.3. The Hall–Kier alpha value is -1.73. The van der Waals surface area contributed by atoms with E-state index in [0.717, 1.165) is 25.8 Å². The Morgan fingerprint density at radius 1 is 1.45 bits per heavy atom. The van der Waals surface area contributed by atoms with E-state index in [1.807, 2.05) is 0 Å². The number of halogens is 1. The lowest BCUT2D eigenvalue weighted by molar-refractivity contribution is -0.646. The molecule has 0 aliphatic carbocycles. The fourth-order valence-electron chi connectivity index (χ4n) is 2.70. The van der Waals surface area contributed by atoms with Crippen LogP contribution in [0.2, 0.25) is 5.02 Å². The summed E-state index contributed by atoms with van der Waals surface area (Å²) in [5.41, 5.74) is 0.00995. The molecule has 0 saturated carbocycles. The lowest BCUT2D eigenvalue weighted by atomic mass is 10.0. The van der Waals surface area contributed by atoms with Gasteiger partial charge in [-0.15, -0.1) is 5.01 Å². The molecule has 1 aromatic carbocycles. The zero-order valence-corrected chi connectivity index (χ0v) is 11.4. The maximum Gasteiger partial charge on any atom is 0.318 e. The highest BCUT2D eigenvalue weighted by Gasteiger charge is 2.42. The van der Waals surface area contributed by atoms with E-state index in [-0.39, 0.29) is 22.4 Å². The van der Waals surface area contributed by atoms with Crippen LogP contribution in [0.1, 0.15) is 19.3 Å². The Morgan fingerprint density at radius 2 is 2.25 bits per heavy atom. The van der Waals surface area contributed by atoms with Gasteiger partial charge in [0, 0.05) is 11.1 Å². The summed E-state index contributed by atoms with van der Waals surface area (Å²) in [4.78, 5) is 10.6. The number of fused-ring (bicyclic) bond motifs is 1. The Labute approximate surface area is 120 Å². The highest BCUT2D eigenvalue weighted by Crippen LogP contribution is 2.35. The normalized spacial score (nSPS) is 25.3. The molecule has 2 aliphatic rings. The van der Waals surface area contributed by atoms with Crippen LogP contribution < -0.4 is 10.1 Å². The molecule has 0 radical (unpaired) electrons. The summed E-state index contributed by atoms with van der Waals surface area (Å²) >= 11 is 5.78. The first-order valence-electron chi connectivity index (χ1n) is 6.45. The number of nitro groups is 1. The molecule has 2 unspecified atom stereocenters. The molecule has 0 amide bonds. The fraction of sp³-hybridized carbons (Fsp3) is 0.500. The van der Waals surface area contributed by atoms with Crippen molar-refractivity contribution in [2.24, 2.45) is 5.22 Å². The van der Waals surface area contributed by atoms with Gasteiger partial charge in [-0.05, 0) is 31.4 Å². The third-order valence-corrected chi connectivity index (χ3v) is 3.92. The second kappa shape index (κ2) is 4.99. The number of anilines is 1. The minimum absolute atomic E-state index is 0.193. The minimum atomic E-state index is -1.12. The molecule has 7 nitrogen and oxygen atoms in total. The summed E-state index contributed by atoms with van der Waals surface area (Å²) in [5.74, 6) is 0. The smallest absolute Gasteiger partial charge is 0.318 e. The van der Waals surface area contributed by atoms with Gasteiger partial charge in [-0.3, -0.25) is 10.1 Å². The van der Waals surface area contributed by atoms with E-state index in [2.05, 4.69) is 5.22 Å². The zero-order valence-electron chi connectivity index (χ0n) is 10.6. The van der Waals surface area contributed by atoms with Gasteiger partial charge in [0.15, 0.2) is 0 Å². The van der Waals surface area contributed by atoms with Crippen LogP contribution in [0, 0.1) is 10.1 Å². The molecule has 0 N–H and O–H groups in total. The molecule has 0 spiro atoms. The monoisotopic (exact) mass is 296 g/mol. The first kappa shape index (κ1) is 13.3.